The number of ketones is 1. The van der Waals surface area contributed by atoms with Crippen LogP contribution in [-0.4, -0.2) is 30.7 Å². The fraction of sp³-hybridized carbons (Fsp3) is 0.130. The van der Waals surface area contributed by atoms with Crippen molar-refractivity contribution in [2.75, 3.05) is 20.3 Å². The number of rotatable bonds is 7. The number of amides is 1. The molecule has 0 saturated carbocycles. The van der Waals surface area contributed by atoms with Crippen LogP contribution in [0.5, 0.6) is 0 Å². The van der Waals surface area contributed by atoms with Crippen LogP contribution in [0.2, 0.25) is 0 Å². The highest BCUT2D eigenvalue weighted by molar-refractivity contribution is 7.87. The van der Waals surface area contributed by atoms with E-state index in [-0.39, 0.29) is 5.69 Å². The lowest BCUT2D eigenvalue weighted by molar-refractivity contribution is -0.126. The first-order valence-electron chi connectivity index (χ1n) is 10.5. The van der Waals surface area contributed by atoms with Gasteiger partial charge in [0.05, 0.1) is 17.1 Å². The number of carbonyl (C=O) groups is 2. The second-order valence-electron chi connectivity index (χ2n) is 7.77. The Balaban J connectivity index is 1.53. The zero-order valence-electron chi connectivity index (χ0n) is 18.8. The van der Waals surface area contributed by atoms with Crippen LogP contribution < -0.4 is 20.3 Å². The van der Waals surface area contributed by atoms with Crippen molar-refractivity contribution in [2.45, 2.75) is 19.9 Å². The third-order valence-electron chi connectivity index (χ3n) is 5.04. The molecule has 1 atom stereocenters. The molecule has 3 aromatic carbocycles. The molecule has 0 aromatic heterocycles. The number of nitrogens with one attached hydrogen (secondary N) is 2. The quantitative estimate of drug-likeness (QED) is 0.255. The average Bonchev–Trinajstić information content (AvgIpc) is 3.19. The predicted octanol–water partition coefficient (Wildman–Crippen LogP) is 4.05. The van der Waals surface area contributed by atoms with Crippen molar-refractivity contribution >= 4 is 50.4 Å². The molecule has 0 aliphatic carbocycles. The largest absolute Gasteiger partial charge is 0.379 e. The molecule has 4 rings (SSSR count). The number of carbonyl (C=O) groups excluding carboxylic acids is 2. The van der Waals surface area contributed by atoms with E-state index in [0.717, 1.165) is 9.98 Å². The standard InChI is InChI=1S/C23H22N6O5S/c1-15-8-13-20-21(14-15)29(35(32,33)34)28(27-20)19-11-9-18(10-12-19)25-26-22(16(2)30)23(31)24-17-6-4-3-5-7-17/h3-14,22,27H,1-2H3,(H,24,31)(H,32,33,34). The fourth-order valence-corrected chi connectivity index (χ4v) is 4.14. The number of azo groups is 1. The molecule has 35 heavy (non-hydrogen) atoms. The Hall–Kier alpha value is -4.29. The maximum absolute atomic E-state index is 12.5. The van der Waals surface area contributed by atoms with Gasteiger partial charge in [0, 0.05) is 5.69 Å². The van der Waals surface area contributed by atoms with Gasteiger partial charge in [-0.25, -0.2) is 0 Å². The van der Waals surface area contributed by atoms with E-state index in [0.29, 0.717) is 22.7 Å². The smallest absolute Gasteiger partial charge is 0.324 e. The third kappa shape index (κ3) is 5.28. The number of hydrazine groups is 2. The third-order valence-corrected chi connectivity index (χ3v) is 5.84. The van der Waals surface area contributed by atoms with Crippen LogP contribution in [0, 0.1) is 6.92 Å². The van der Waals surface area contributed by atoms with E-state index in [4.69, 9.17) is 0 Å². The molecule has 0 bridgehead atoms. The Morgan fingerprint density at radius 2 is 1.71 bits per heavy atom. The van der Waals surface area contributed by atoms with Crippen molar-refractivity contribution in [3.05, 3.63) is 78.4 Å². The van der Waals surface area contributed by atoms with Gasteiger partial charge in [-0.3, -0.25) is 19.6 Å². The number of hydrogen-bond donors (Lipinski definition) is 3. The van der Waals surface area contributed by atoms with Gasteiger partial charge in [-0.1, -0.05) is 24.3 Å². The number of fused-ring (bicyclic) bond motifs is 1. The monoisotopic (exact) mass is 494 g/mol. The van der Waals surface area contributed by atoms with E-state index in [2.05, 4.69) is 21.0 Å². The summed E-state index contributed by atoms with van der Waals surface area (Å²) < 4.78 is 34.7. The molecule has 0 spiro atoms. The van der Waals surface area contributed by atoms with Crippen molar-refractivity contribution in [2.24, 2.45) is 10.2 Å². The van der Waals surface area contributed by atoms with Gasteiger partial charge >= 0.3 is 10.3 Å². The molecule has 3 N–H and O–H groups in total. The van der Waals surface area contributed by atoms with E-state index >= 15 is 0 Å². The topological polar surface area (TPSA) is 144 Å². The molecular weight excluding hydrogens is 472 g/mol. The highest BCUT2D eigenvalue weighted by Crippen LogP contribution is 2.39. The summed E-state index contributed by atoms with van der Waals surface area (Å²) in [7, 11) is -4.63. The first-order chi connectivity index (χ1) is 16.6. The molecule has 0 saturated heterocycles. The summed E-state index contributed by atoms with van der Waals surface area (Å²) in [4.78, 5) is 24.4. The molecule has 3 aromatic rings. The lowest BCUT2D eigenvalue weighted by Crippen LogP contribution is -2.45. The summed E-state index contributed by atoms with van der Waals surface area (Å²) in [6, 6.07) is 18.6. The molecule has 1 aliphatic rings. The molecular formula is C23H22N6O5S. The first-order valence-corrected chi connectivity index (χ1v) is 11.9. The van der Waals surface area contributed by atoms with Crippen LogP contribution in [0.25, 0.3) is 0 Å². The van der Waals surface area contributed by atoms with E-state index < -0.39 is 28.0 Å². The Labute approximate surface area is 201 Å². The van der Waals surface area contributed by atoms with E-state index in [9.17, 15) is 22.6 Å². The summed E-state index contributed by atoms with van der Waals surface area (Å²) in [5.74, 6) is -1.08. The maximum Gasteiger partial charge on any atom is 0.379 e. The highest BCUT2D eigenvalue weighted by atomic mass is 32.2. The lowest BCUT2D eigenvalue weighted by atomic mass is 10.2. The van der Waals surface area contributed by atoms with Crippen LogP contribution in [-0.2, 0) is 19.9 Å². The zero-order chi connectivity index (χ0) is 25.2. The van der Waals surface area contributed by atoms with Crippen molar-refractivity contribution in [1.29, 1.82) is 0 Å². The van der Waals surface area contributed by atoms with Gasteiger partial charge < -0.3 is 5.32 Å². The number of hydrogen-bond acceptors (Lipinski definition) is 8. The number of aryl methyl sites for hydroxylation is 1. The minimum Gasteiger partial charge on any atom is -0.324 e. The van der Waals surface area contributed by atoms with Crippen molar-refractivity contribution in [1.82, 2.24) is 0 Å². The molecule has 180 valence electrons. The molecule has 1 aliphatic heterocycles. The molecule has 11 nitrogen and oxygen atoms in total. The van der Waals surface area contributed by atoms with Crippen LogP contribution >= 0.6 is 0 Å². The molecule has 0 fully saturated rings. The summed E-state index contributed by atoms with van der Waals surface area (Å²) in [5.41, 5.74) is 5.73. The molecule has 0 radical (unpaired) electrons. The fourth-order valence-electron chi connectivity index (χ4n) is 3.39. The van der Waals surface area contributed by atoms with Crippen molar-refractivity contribution in [3.8, 4) is 0 Å². The second kappa shape index (κ2) is 9.52. The average molecular weight is 495 g/mol. The Bertz CT molecular complexity index is 1390. The summed E-state index contributed by atoms with van der Waals surface area (Å²) in [6.45, 7) is 3.05. The first kappa shape index (κ1) is 23.9. The number of nitrogens with zero attached hydrogens (tertiary/aromatic N) is 4. The zero-order valence-corrected chi connectivity index (χ0v) is 19.6. The van der Waals surface area contributed by atoms with E-state index in [1.807, 2.05) is 0 Å². The van der Waals surface area contributed by atoms with Crippen molar-refractivity contribution < 1.29 is 22.6 Å². The Kier molecular flexibility index (Phi) is 6.49. The molecule has 1 heterocycles. The summed E-state index contributed by atoms with van der Waals surface area (Å²) in [5, 5.41) is 11.7. The molecule has 1 unspecified atom stereocenters. The highest BCUT2D eigenvalue weighted by Gasteiger charge is 2.35. The second-order valence-corrected chi connectivity index (χ2v) is 9.01. The van der Waals surface area contributed by atoms with Crippen LogP contribution in [0.15, 0.2) is 83.0 Å². The number of para-hydroxylation sites is 1. The van der Waals surface area contributed by atoms with Gasteiger partial charge in [0.25, 0.3) is 5.91 Å². The summed E-state index contributed by atoms with van der Waals surface area (Å²) in [6.07, 6.45) is 0. The van der Waals surface area contributed by atoms with Gasteiger partial charge in [-0.15, -0.1) is 4.41 Å². The normalized spacial score (nSPS) is 13.9. The molecule has 1 amide bonds. The molecule has 12 heteroatoms. The van der Waals surface area contributed by atoms with Gasteiger partial charge in [0.2, 0.25) is 6.04 Å². The minimum absolute atomic E-state index is 0.269. The Morgan fingerprint density at radius 1 is 1.03 bits per heavy atom. The predicted molar refractivity (Wildman–Crippen MR) is 132 cm³/mol. The number of benzene rings is 3. The van der Waals surface area contributed by atoms with Gasteiger partial charge in [0.1, 0.15) is 5.69 Å². The number of anilines is 4. The number of Topliss-reactive ketones (excluding diaryl/α,β-unsaturated/α-hetero) is 1. The van der Waals surface area contributed by atoms with Crippen LogP contribution in [0.3, 0.4) is 0 Å². The van der Waals surface area contributed by atoms with Gasteiger partial charge in [-0.05, 0) is 67.9 Å². The van der Waals surface area contributed by atoms with Gasteiger partial charge in [-0.2, -0.15) is 23.8 Å². The maximum atomic E-state index is 12.5. The van der Waals surface area contributed by atoms with Gasteiger partial charge in [0.15, 0.2) is 5.78 Å². The van der Waals surface area contributed by atoms with E-state index in [1.165, 1.54) is 24.2 Å². The van der Waals surface area contributed by atoms with Crippen molar-refractivity contribution in [3.63, 3.8) is 0 Å². The Morgan fingerprint density at radius 3 is 2.34 bits per heavy atom. The lowest BCUT2D eigenvalue weighted by Gasteiger charge is -2.27. The van der Waals surface area contributed by atoms with Crippen LogP contribution in [0.1, 0.15) is 12.5 Å². The minimum atomic E-state index is -4.63. The van der Waals surface area contributed by atoms with Crippen LogP contribution in [0.4, 0.5) is 28.4 Å². The summed E-state index contributed by atoms with van der Waals surface area (Å²) >= 11 is 0. The van der Waals surface area contributed by atoms with E-state index in [1.54, 1.807) is 67.6 Å². The SMILES string of the molecule is CC(=O)C(N=Nc1ccc(N2Nc3ccc(C)cc3N2S(=O)(=O)O)cc1)C(=O)Nc1ccccc1.